The topological polar surface area (TPSA) is 30.0 Å². The molecule has 76 valence electrons. The molecule has 0 amide bonds. The first-order valence-corrected chi connectivity index (χ1v) is 5.51. The molecular formula is C12H11NOS. The second kappa shape index (κ2) is 3.95. The molecule has 0 aliphatic heterocycles. The molecule has 0 saturated heterocycles. The number of aryl methyl sites for hydroxylation is 1. The molecule has 0 bridgehead atoms. The van der Waals surface area contributed by atoms with E-state index in [0.29, 0.717) is 0 Å². The van der Waals surface area contributed by atoms with Gasteiger partial charge in [0.25, 0.3) is 0 Å². The van der Waals surface area contributed by atoms with E-state index in [-0.39, 0.29) is 5.78 Å². The number of pyridine rings is 1. The van der Waals surface area contributed by atoms with Crippen molar-refractivity contribution in [3.8, 4) is 10.4 Å². The highest BCUT2D eigenvalue weighted by Gasteiger charge is 2.06. The fourth-order valence-electron chi connectivity index (χ4n) is 1.37. The van der Waals surface area contributed by atoms with Gasteiger partial charge in [-0.1, -0.05) is 0 Å². The zero-order valence-electron chi connectivity index (χ0n) is 8.65. The highest BCUT2D eigenvalue weighted by molar-refractivity contribution is 7.17. The summed E-state index contributed by atoms with van der Waals surface area (Å²) >= 11 is 1.51. The number of rotatable bonds is 2. The monoisotopic (exact) mass is 217 g/mol. The molecule has 0 radical (unpaired) electrons. The van der Waals surface area contributed by atoms with E-state index >= 15 is 0 Å². The van der Waals surface area contributed by atoms with Crippen molar-refractivity contribution in [3.05, 3.63) is 41.0 Å². The number of ketones is 1. The van der Waals surface area contributed by atoms with Crippen LogP contribution in [-0.4, -0.2) is 10.8 Å². The van der Waals surface area contributed by atoms with E-state index in [1.165, 1.54) is 11.3 Å². The lowest BCUT2D eigenvalue weighted by molar-refractivity contribution is 0.102. The van der Waals surface area contributed by atoms with Crippen molar-refractivity contribution in [2.45, 2.75) is 13.8 Å². The number of hydrogen-bond donors (Lipinski definition) is 0. The molecule has 3 heteroatoms. The molecule has 0 unspecified atom stereocenters. The fourth-order valence-corrected chi connectivity index (χ4v) is 2.25. The van der Waals surface area contributed by atoms with Crippen molar-refractivity contribution in [2.24, 2.45) is 0 Å². The van der Waals surface area contributed by atoms with Gasteiger partial charge in [-0.15, -0.1) is 11.3 Å². The maximum atomic E-state index is 11.2. The van der Waals surface area contributed by atoms with Crippen molar-refractivity contribution < 1.29 is 4.79 Å². The zero-order chi connectivity index (χ0) is 10.8. The van der Waals surface area contributed by atoms with Crippen molar-refractivity contribution in [1.29, 1.82) is 0 Å². The quantitative estimate of drug-likeness (QED) is 0.722. The van der Waals surface area contributed by atoms with Crippen molar-refractivity contribution in [3.63, 3.8) is 0 Å². The van der Waals surface area contributed by atoms with E-state index in [9.17, 15) is 4.79 Å². The zero-order valence-corrected chi connectivity index (χ0v) is 9.47. The predicted molar refractivity (Wildman–Crippen MR) is 62.3 cm³/mol. The molecule has 0 N–H and O–H groups in total. The van der Waals surface area contributed by atoms with Gasteiger partial charge in [0.05, 0.1) is 4.88 Å². The molecule has 0 aliphatic rings. The van der Waals surface area contributed by atoms with Gasteiger partial charge in [-0.2, -0.15) is 0 Å². The van der Waals surface area contributed by atoms with Gasteiger partial charge in [-0.25, -0.2) is 0 Å². The minimum absolute atomic E-state index is 0.117. The van der Waals surface area contributed by atoms with E-state index in [1.54, 1.807) is 6.92 Å². The van der Waals surface area contributed by atoms with Crippen molar-refractivity contribution in [2.75, 3.05) is 0 Å². The summed E-state index contributed by atoms with van der Waals surface area (Å²) in [4.78, 5) is 17.2. The van der Waals surface area contributed by atoms with Gasteiger partial charge in [-0.05, 0) is 37.6 Å². The van der Waals surface area contributed by atoms with Crippen molar-refractivity contribution in [1.82, 2.24) is 4.98 Å². The van der Waals surface area contributed by atoms with Crippen LogP contribution in [-0.2, 0) is 0 Å². The third kappa shape index (κ3) is 2.13. The number of hydrogen-bond acceptors (Lipinski definition) is 3. The molecule has 0 fully saturated rings. The molecule has 15 heavy (non-hydrogen) atoms. The maximum Gasteiger partial charge on any atom is 0.169 e. The van der Waals surface area contributed by atoms with Crippen LogP contribution in [0.2, 0.25) is 0 Å². The van der Waals surface area contributed by atoms with Gasteiger partial charge < -0.3 is 0 Å². The smallest absolute Gasteiger partial charge is 0.169 e. The van der Waals surface area contributed by atoms with E-state index in [1.807, 2.05) is 31.5 Å². The van der Waals surface area contributed by atoms with Gasteiger partial charge >= 0.3 is 0 Å². The van der Waals surface area contributed by atoms with Crippen LogP contribution in [0, 0.1) is 6.92 Å². The Hall–Kier alpha value is -1.48. The van der Waals surface area contributed by atoms with Crippen LogP contribution in [0.3, 0.4) is 0 Å². The summed E-state index contributed by atoms with van der Waals surface area (Å²) in [5.41, 5.74) is 2.21. The highest BCUT2D eigenvalue weighted by atomic mass is 32.1. The summed E-state index contributed by atoms with van der Waals surface area (Å²) in [6.07, 6.45) is 3.64. The first-order valence-electron chi connectivity index (χ1n) is 4.69. The molecule has 2 aromatic rings. The molecule has 0 aromatic carbocycles. The molecule has 2 aromatic heterocycles. The van der Waals surface area contributed by atoms with E-state index in [4.69, 9.17) is 0 Å². The minimum Gasteiger partial charge on any atom is -0.294 e. The Balaban J connectivity index is 2.41. The Kier molecular flexibility index (Phi) is 2.64. The molecule has 0 spiro atoms. The average Bonchev–Trinajstić information content (AvgIpc) is 2.66. The van der Waals surface area contributed by atoms with Crippen LogP contribution in [0.4, 0.5) is 0 Å². The van der Waals surface area contributed by atoms with Crippen LogP contribution in [0.25, 0.3) is 10.4 Å². The van der Waals surface area contributed by atoms with Gasteiger partial charge in [0, 0.05) is 22.8 Å². The summed E-state index contributed by atoms with van der Waals surface area (Å²) in [5.74, 6) is 0.117. The van der Waals surface area contributed by atoms with Gasteiger partial charge in [0.15, 0.2) is 5.78 Å². The lowest BCUT2D eigenvalue weighted by Crippen LogP contribution is -1.83. The number of Topliss-reactive ketones (excluding diaryl/α,β-unsaturated/α-hetero) is 1. The molecule has 2 rings (SSSR count). The number of aromatic nitrogens is 1. The first kappa shape index (κ1) is 10.1. The number of carbonyl (C=O) groups is 1. The van der Waals surface area contributed by atoms with Gasteiger partial charge in [0.2, 0.25) is 0 Å². The normalized spacial score (nSPS) is 10.3. The Morgan fingerprint density at radius 1 is 1.33 bits per heavy atom. The second-order valence-corrected chi connectivity index (χ2v) is 4.55. The minimum atomic E-state index is 0.117. The molecule has 0 saturated carbocycles. The van der Waals surface area contributed by atoms with Crippen LogP contribution in [0.1, 0.15) is 22.2 Å². The first-order chi connectivity index (χ1) is 7.16. The summed E-state index contributed by atoms with van der Waals surface area (Å²) in [5, 5.41) is 0. The molecule has 0 aliphatic carbocycles. The lowest BCUT2D eigenvalue weighted by atomic mass is 10.2. The molecule has 2 nitrogen and oxygen atoms in total. The maximum absolute atomic E-state index is 11.2. The number of nitrogens with zero attached hydrogens (tertiary/aromatic N) is 1. The summed E-state index contributed by atoms with van der Waals surface area (Å²) in [7, 11) is 0. The standard InChI is InChI=1S/C12H11NOS/c1-8-5-10(7-13-6-8)12-4-3-11(15-12)9(2)14/h3-7H,1-2H3. The Morgan fingerprint density at radius 2 is 2.13 bits per heavy atom. The van der Waals surface area contributed by atoms with Crippen LogP contribution in [0.15, 0.2) is 30.6 Å². The Bertz CT molecular complexity index is 502. The summed E-state index contributed by atoms with van der Waals surface area (Å²) in [6.45, 7) is 3.60. The number of carbonyl (C=O) groups excluding carboxylic acids is 1. The Morgan fingerprint density at radius 3 is 2.73 bits per heavy atom. The SMILES string of the molecule is CC(=O)c1ccc(-c2cncc(C)c2)s1. The third-order valence-corrected chi connectivity index (χ3v) is 3.35. The van der Waals surface area contributed by atoms with Crippen LogP contribution >= 0.6 is 11.3 Å². The highest BCUT2D eigenvalue weighted by Crippen LogP contribution is 2.28. The summed E-state index contributed by atoms with van der Waals surface area (Å²) in [6, 6.07) is 5.91. The van der Waals surface area contributed by atoms with Crippen LogP contribution < -0.4 is 0 Å². The molecule has 2 heterocycles. The lowest BCUT2D eigenvalue weighted by Gasteiger charge is -1.97. The largest absolute Gasteiger partial charge is 0.294 e. The van der Waals surface area contributed by atoms with E-state index < -0.39 is 0 Å². The van der Waals surface area contributed by atoms with E-state index in [0.717, 1.165) is 20.9 Å². The third-order valence-electron chi connectivity index (χ3n) is 2.11. The fraction of sp³-hybridized carbons (Fsp3) is 0.167. The average molecular weight is 217 g/mol. The molecule has 0 atom stereocenters. The Labute approximate surface area is 92.6 Å². The van der Waals surface area contributed by atoms with Gasteiger partial charge in [-0.3, -0.25) is 9.78 Å². The van der Waals surface area contributed by atoms with Crippen LogP contribution in [0.5, 0.6) is 0 Å². The van der Waals surface area contributed by atoms with E-state index in [2.05, 4.69) is 11.1 Å². The van der Waals surface area contributed by atoms with Gasteiger partial charge in [0.1, 0.15) is 0 Å². The number of thiophene rings is 1. The summed E-state index contributed by atoms with van der Waals surface area (Å²) < 4.78 is 0. The molecular weight excluding hydrogens is 206 g/mol. The van der Waals surface area contributed by atoms with Crippen molar-refractivity contribution >= 4 is 17.1 Å². The second-order valence-electron chi connectivity index (χ2n) is 3.47. The predicted octanol–water partition coefficient (Wildman–Crippen LogP) is 3.32.